The van der Waals surface area contributed by atoms with Gasteiger partial charge in [0.2, 0.25) is 5.56 Å². The van der Waals surface area contributed by atoms with Crippen LogP contribution >= 0.6 is 0 Å². The number of nitrogens with one attached hydrogen (secondary N) is 2. The summed E-state index contributed by atoms with van der Waals surface area (Å²) in [4.78, 5) is 14.4. The number of pyridine rings is 1. The summed E-state index contributed by atoms with van der Waals surface area (Å²) in [5.41, 5.74) is 2.89. The molecule has 1 aromatic heterocycles. The van der Waals surface area contributed by atoms with E-state index in [0.717, 1.165) is 18.5 Å². The van der Waals surface area contributed by atoms with Gasteiger partial charge in [0.1, 0.15) is 0 Å². The Balaban J connectivity index is 1.82. The third-order valence-electron chi connectivity index (χ3n) is 4.99. The molecule has 0 aliphatic heterocycles. The molecule has 2 atom stereocenters. The Labute approximate surface area is 114 Å². The van der Waals surface area contributed by atoms with Gasteiger partial charge in [-0.25, -0.2) is 0 Å². The van der Waals surface area contributed by atoms with Crippen LogP contribution in [0.15, 0.2) is 16.9 Å². The molecule has 0 saturated heterocycles. The van der Waals surface area contributed by atoms with Crippen molar-refractivity contribution in [3.63, 3.8) is 0 Å². The first-order chi connectivity index (χ1) is 9.06. The molecule has 19 heavy (non-hydrogen) atoms. The molecule has 0 spiro atoms. The van der Waals surface area contributed by atoms with Crippen molar-refractivity contribution in [1.82, 2.24) is 10.3 Å². The number of hydrogen-bond acceptors (Lipinski definition) is 2. The van der Waals surface area contributed by atoms with Crippen molar-refractivity contribution in [2.75, 3.05) is 0 Å². The maximum Gasteiger partial charge on any atom is 0.248 e. The number of aryl methyl sites for hydroxylation is 1. The summed E-state index contributed by atoms with van der Waals surface area (Å²) >= 11 is 0. The molecule has 1 saturated carbocycles. The van der Waals surface area contributed by atoms with E-state index in [4.69, 9.17) is 0 Å². The maximum absolute atomic E-state index is 11.4. The number of fused-ring (bicyclic) bond motifs is 1. The Bertz CT molecular complexity index is 518. The van der Waals surface area contributed by atoms with Gasteiger partial charge in [-0.3, -0.25) is 4.79 Å². The van der Waals surface area contributed by atoms with Crippen molar-refractivity contribution in [3.8, 4) is 0 Å². The fourth-order valence-electron chi connectivity index (χ4n) is 3.75. The summed E-state index contributed by atoms with van der Waals surface area (Å²) in [5, 5.41) is 3.86. The molecule has 3 heteroatoms. The summed E-state index contributed by atoms with van der Waals surface area (Å²) in [7, 11) is 0. The topological polar surface area (TPSA) is 44.9 Å². The summed E-state index contributed by atoms with van der Waals surface area (Å²) < 4.78 is 0. The van der Waals surface area contributed by atoms with Crippen LogP contribution in [-0.2, 0) is 6.42 Å². The van der Waals surface area contributed by atoms with Crippen molar-refractivity contribution < 1.29 is 0 Å². The van der Waals surface area contributed by atoms with Crippen LogP contribution in [0.5, 0.6) is 0 Å². The molecular weight excluding hydrogens is 236 g/mol. The highest BCUT2D eigenvalue weighted by Gasteiger charge is 2.36. The first kappa shape index (κ1) is 12.9. The van der Waals surface area contributed by atoms with Gasteiger partial charge in [0.25, 0.3) is 0 Å². The van der Waals surface area contributed by atoms with Crippen LogP contribution in [0.25, 0.3) is 0 Å². The predicted octanol–water partition coefficient (Wildman–Crippen LogP) is 2.92. The lowest BCUT2D eigenvalue weighted by Crippen LogP contribution is -2.41. The molecule has 3 rings (SSSR count). The van der Waals surface area contributed by atoms with Gasteiger partial charge in [0.05, 0.1) is 0 Å². The van der Waals surface area contributed by atoms with Crippen LogP contribution in [-0.4, -0.2) is 11.0 Å². The third kappa shape index (κ3) is 2.48. The smallest absolute Gasteiger partial charge is 0.248 e. The van der Waals surface area contributed by atoms with Gasteiger partial charge in [-0.15, -0.1) is 0 Å². The van der Waals surface area contributed by atoms with Gasteiger partial charge < -0.3 is 10.3 Å². The van der Waals surface area contributed by atoms with Crippen LogP contribution in [0.1, 0.15) is 63.3 Å². The molecule has 0 aromatic carbocycles. The molecule has 2 unspecified atom stereocenters. The Morgan fingerprint density at radius 3 is 2.84 bits per heavy atom. The number of rotatable bonds is 2. The molecule has 3 nitrogen and oxygen atoms in total. The average molecular weight is 260 g/mol. The van der Waals surface area contributed by atoms with Gasteiger partial charge >= 0.3 is 0 Å². The Kier molecular flexibility index (Phi) is 3.25. The van der Waals surface area contributed by atoms with Gasteiger partial charge in [-0.1, -0.05) is 26.3 Å². The second kappa shape index (κ2) is 4.78. The van der Waals surface area contributed by atoms with E-state index in [-0.39, 0.29) is 5.56 Å². The fourth-order valence-corrected chi connectivity index (χ4v) is 3.75. The number of hydrogen-bond donors (Lipinski definition) is 2. The van der Waals surface area contributed by atoms with E-state index in [1.165, 1.54) is 31.2 Å². The lowest BCUT2D eigenvalue weighted by atomic mass is 9.84. The quantitative estimate of drug-likeness (QED) is 0.858. The summed E-state index contributed by atoms with van der Waals surface area (Å²) in [5.74, 6) is 0. The van der Waals surface area contributed by atoms with E-state index in [2.05, 4.69) is 24.1 Å². The van der Waals surface area contributed by atoms with Crippen LogP contribution in [0.2, 0.25) is 0 Å². The molecule has 1 fully saturated rings. The van der Waals surface area contributed by atoms with Gasteiger partial charge in [0.15, 0.2) is 0 Å². The molecule has 0 bridgehead atoms. The first-order valence-electron chi connectivity index (χ1n) is 7.54. The Hall–Kier alpha value is -1.09. The minimum absolute atomic E-state index is 0.0283. The van der Waals surface area contributed by atoms with Gasteiger partial charge in [-0.05, 0) is 43.1 Å². The van der Waals surface area contributed by atoms with Crippen molar-refractivity contribution in [2.24, 2.45) is 5.41 Å². The second-order valence-corrected chi connectivity index (χ2v) is 6.80. The molecule has 1 heterocycles. The Morgan fingerprint density at radius 1 is 1.26 bits per heavy atom. The number of aromatic amines is 1. The molecule has 104 valence electrons. The van der Waals surface area contributed by atoms with Gasteiger partial charge in [-0.2, -0.15) is 0 Å². The van der Waals surface area contributed by atoms with E-state index in [0.29, 0.717) is 17.5 Å². The molecular formula is C16H24N2O. The van der Waals surface area contributed by atoms with Gasteiger partial charge in [0, 0.05) is 23.8 Å². The van der Waals surface area contributed by atoms with E-state index >= 15 is 0 Å². The SMILES string of the molecule is CC1(C)CCCC1NC1CCCc2[nH]c(=O)ccc21. The molecule has 1 aromatic rings. The van der Waals surface area contributed by atoms with Crippen LogP contribution < -0.4 is 10.9 Å². The lowest BCUT2D eigenvalue weighted by molar-refractivity contribution is 0.252. The number of H-pyrrole nitrogens is 1. The largest absolute Gasteiger partial charge is 0.326 e. The first-order valence-corrected chi connectivity index (χ1v) is 7.54. The third-order valence-corrected chi connectivity index (χ3v) is 4.99. The summed E-state index contributed by atoms with van der Waals surface area (Å²) in [6.45, 7) is 4.74. The highest BCUT2D eigenvalue weighted by Crippen LogP contribution is 2.39. The second-order valence-electron chi connectivity index (χ2n) is 6.80. The number of aromatic nitrogens is 1. The monoisotopic (exact) mass is 260 g/mol. The predicted molar refractivity (Wildman–Crippen MR) is 77.3 cm³/mol. The van der Waals surface area contributed by atoms with E-state index in [9.17, 15) is 4.79 Å². The maximum atomic E-state index is 11.4. The molecule has 0 radical (unpaired) electrons. The lowest BCUT2D eigenvalue weighted by Gasteiger charge is -2.34. The van der Waals surface area contributed by atoms with Crippen LogP contribution in [0.3, 0.4) is 0 Å². The molecule has 0 amide bonds. The molecule has 2 N–H and O–H groups in total. The Morgan fingerprint density at radius 2 is 2.11 bits per heavy atom. The minimum Gasteiger partial charge on any atom is -0.326 e. The summed E-state index contributed by atoms with van der Waals surface area (Å²) in [6, 6.07) is 4.71. The van der Waals surface area contributed by atoms with Crippen LogP contribution in [0, 0.1) is 5.41 Å². The van der Waals surface area contributed by atoms with E-state index in [1.807, 2.05) is 6.07 Å². The highest BCUT2D eigenvalue weighted by molar-refractivity contribution is 5.26. The zero-order valence-electron chi connectivity index (χ0n) is 12.0. The van der Waals surface area contributed by atoms with E-state index in [1.54, 1.807) is 6.07 Å². The summed E-state index contributed by atoms with van der Waals surface area (Å²) in [6.07, 6.45) is 7.29. The van der Waals surface area contributed by atoms with Crippen LogP contribution in [0.4, 0.5) is 0 Å². The zero-order valence-corrected chi connectivity index (χ0v) is 12.0. The van der Waals surface area contributed by atoms with Crippen molar-refractivity contribution in [2.45, 2.75) is 64.5 Å². The molecule has 2 aliphatic carbocycles. The highest BCUT2D eigenvalue weighted by atomic mass is 16.1. The van der Waals surface area contributed by atoms with E-state index < -0.39 is 0 Å². The standard InChI is InChI=1S/C16H24N2O/c1-16(2)10-4-7-14(16)17-12-5-3-6-13-11(12)8-9-15(19)18-13/h8-9,12,14,17H,3-7,10H2,1-2H3,(H,18,19). The average Bonchev–Trinajstić information content (AvgIpc) is 2.69. The fraction of sp³-hybridized carbons (Fsp3) is 0.688. The van der Waals surface area contributed by atoms with Crippen molar-refractivity contribution in [3.05, 3.63) is 33.7 Å². The van der Waals surface area contributed by atoms with Crippen molar-refractivity contribution in [1.29, 1.82) is 0 Å². The molecule has 2 aliphatic rings. The normalized spacial score (nSPS) is 29.2. The minimum atomic E-state index is 0.0283. The van der Waals surface area contributed by atoms with Crippen molar-refractivity contribution >= 4 is 0 Å². The zero-order chi connectivity index (χ0) is 13.5.